The summed E-state index contributed by atoms with van der Waals surface area (Å²) < 4.78 is 0. The minimum absolute atomic E-state index is 0. The second kappa shape index (κ2) is 9.29. The zero-order chi connectivity index (χ0) is 16.1. The highest BCUT2D eigenvalue weighted by molar-refractivity contribution is 14.0. The van der Waals surface area contributed by atoms with Gasteiger partial charge in [0.2, 0.25) is 11.8 Å². The molecule has 8 heteroatoms. The Kier molecular flexibility index (Phi) is 8.07. The fourth-order valence-corrected chi connectivity index (χ4v) is 2.58. The SMILES string of the molecule is CCNC(=NCC(=O)NC(C)C)N1CCN(C2CC2)C(=O)C1.I. The van der Waals surface area contributed by atoms with Crippen LogP contribution >= 0.6 is 24.0 Å². The van der Waals surface area contributed by atoms with E-state index in [1.54, 1.807) is 0 Å². The smallest absolute Gasteiger partial charge is 0.242 e. The molecule has 1 aliphatic heterocycles. The van der Waals surface area contributed by atoms with Crippen LogP contribution in [-0.2, 0) is 9.59 Å². The van der Waals surface area contributed by atoms with Gasteiger partial charge in [0.1, 0.15) is 6.54 Å². The fraction of sp³-hybridized carbons (Fsp3) is 0.800. The number of nitrogens with one attached hydrogen (secondary N) is 2. The molecular weight excluding hydrogens is 409 g/mol. The van der Waals surface area contributed by atoms with E-state index >= 15 is 0 Å². The van der Waals surface area contributed by atoms with Crippen LogP contribution in [0, 0.1) is 0 Å². The van der Waals surface area contributed by atoms with E-state index < -0.39 is 0 Å². The number of aliphatic imine (C=N–C) groups is 1. The van der Waals surface area contributed by atoms with E-state index in [2.05, 4.69) is 15.6 Å². The molecule has 7 nitrogen and oxygen atoms in total. The summed E-state index contributed by atoms with van der Waals surface area (Å²) in [4.78, 5) is 32.2. The van der Waals surface area contributed by atoms with Gasteiger partial charge in [-0.2, -0.15) is 0 Å². The van der Waals surface area contributed by atoms with E-state index in [-0.39, 0.29) is 48.4 Å². The van der Waals surface area contributed by atoms with Crippen LogP contribution in [0.15, 0.2) is 4.99 Å². The Labute approximate surface area is 155 Å². The Morgan fingerprint density at radius 3 is 2.57 bits per heavy atom. The lowest BCUT2D eigenvalue weighted by Crippen LogP contribution is -2.55. The second-order valence-electron chi connectivity index (χ2n) is 6.13. The molecular formula is C15H28IN5O2. The van der Waals surface area contributed by atoms with E-state index in [4.69, 9.17) is 0 Å². The summed E-state index contributed by atoms with van der Waals surface area (Å²) in [6.07, 6.45) is 2.27. The van der Waals surface area contributed by atoms with Crippen LogP contribution in [0.5, 0.6) is 0 Å². The number of guanidine groups is 1. The van der Waals surface area contributed by atoms with Crippen molar-refractivity contribution in [1.29, 1.82) is 0 Å². The first kappa shape index (κ1) is 20.0. The molecule has 23 heavy (non-hydrogen) atoms. The molecule has 1 aliphatic carbocycles. The van der Waals surface area contributed by atoms with Gasteiger partial charge in [-0.3, -0.25) is 9.59 Å². The molecule has 0 aromatic carbocycles. The molecule has 0 spiro atoms. The molecule has 2 rings (SSSR count). The van der Waals surface area contributed by atoms with Crippen molar-refractivity contribution in [2.24, 2.45) is 4.99 Å². The lowest BCUT2D eigenvalue weighted by atomic mass is 10.3. The third-order valence-electron chi connectivity index (χ3n) is 3.70. The van der Waals surface area contributed by atoms with E-state index in [1.165, 1.54) is 0 Å². The van der Waals surface area contributed by atoms with E-state index in [9.17, 15) is 9.59 Å². The van der Waals surface area contributed by atoms with Gasteiger partial charge in [0.05, 0.1) is 6.54 Å². The maximum Gasteiger partial charge on any atom is 0.242 e. The van der Waals surface area contributed by atoms with Gasteiger partial charge in [-0.05, 0) is 33.6 Å². The molecule has 0 radical (unpaired) electrons. The molecule has 132 valence electrons. The van der Waals surface area contributed by atoms with Gasteiger partial charge >= 0.3 is 0 Å². The molecule has 1 heterocycles. The van der Waals surface area contributed by atoms with Crippen molar-refractivity contribution in [1.82, 2.24) is 20.4 Å². The van der Waals surface area contributed by atoms with Crippen molar-refractivity contribution in [3.8, 4) is 0 Å². The monoisotopic (exact) mass is 437 g/mol. The first-order valence-electron chi connectivity index (χ1n) is 8.13. The van der Waals surface area contributed by atoms with Crippen molar-refractivity contribution < 1.29 is 9.59 Å². The van der Waals surface area contributed by atoms with Crippen LogP contribution in [0.3, 0.4) is 0 Å². The third-order valence-corrected chi connectivity index (χ3v) is 3.70. The van der Waals surface area contributed by atoms with Crippen LogP contribution in [0.4, 0.5) is 0 Å². The predicted octanol–water partition coefficient (Wildman–Crippen LogP) is 0.401. The quantitative estimate of drug-likeness (QED) is 0.371. The molecule has 0 bridgehead atoms. The lowest BCUT2D eigenvalue weighted by molar-refractivity contribution is -0.135. The molecule has 0 aromatic heterocycles. The lowest BCUT2D eigenvalue weighted by Gasteiger charge is -2.36. The van der Waals surface area contributed by atoms with Crippen molar-refractivity contribution in [3.05, 3.63) is 0 Å². The molecule has 2 N–H and O–H groups in total. The number of amides is 2. The largest absolute Gasteiger partial charge is 0.356 e. The predicted molar refractivity (Wildman–Crippen MR) is 101 cm³/mol. The summed E-state index contributed by atoms with van der Waals surface area (Å²) in [5.41, 5.74) is 0. The van der Waals surface area contributed by atoms with Crippen LogP contribution in [0.25, 0.3) is 0 Å². The average molecular weight is 437 g/mol. The zero-order valence-corrected chi connectivity index (χ0v) is 16.5. The standard InChI is InChI=1S/C15H27N5O2.HI/c1-4-16-15(17-9-13(21)18-11(2)3)19-7-8-20(12-5-6-12)14(22)10-19;/h11-12H,4-10H2,1-3H3,(H,16,17)(H,18,21);1H. The van der Waals surface area contributed by atoms with E-state index in [0.717, 1.165) is 25.9 Å². The summed E-state index contributed by atoms with van der Waals surface area (Å²) in [6.45, 7) is 8.45. The number of rotatable bonds is 5. The number of carbonyl (C=O) groups is 2. The topological polar surface area (TPSA) is 77.0 Å². The molecule has 2 fully saturated rings. The van der Waals surface area contributed by atoms with Gasteiger partial charge in [-0.15, -0.1) is 24.0 Å². The minimum atomic E-state index is -0.103. The third kappa shape index (κ3) is 6.15. The first-order valence-corrected chi connectivity index (χ1v) is 8.13. The summed E-state index contributed by atoms with van der Waals surface area (Å²) in [5, 5.41) is 5.98. The molecule has 2 aliphatic rings. The normalized spacial score (nSPS) is 18.8. The number of nitrogens with zero attached hydrogens (tertiary/aromatic N) is 3. The molecule has 2 amide bonds. The van der Waals surface area contributed by atoms with Crippen LogP contribution in [0.1, 0.15) is 33.6 Å². The van der Waals surface area contributed by atoms with Crippen molar-refractivity contribution in [3.63, 3.8) is 0 Å². The Bertz CT molecular complexity index is 451. The molecule has 0 aromatic rings. The number of piperazine rings is 1. The molecule has 1 saturated heterocycles. The van der Waals surface area contributed by atoms with Crippen LogP contribution in [-0.4, -0.2) is 72.4 Å². The van der Waals surface area contributed by atoms with Gasteiger partial charge in [-0.1, -0.05) is 0 Å². The first-order chi connectivity index (χ1) is 10.5. The second-order valence-corrected chi connectivity index (χ2v) is 6.13. The summed E-state index contributed by atoms with van der Waals surface area (Å²) in [5.74, 6) is 0.699. The minimum Gasteiger partial charge on any atom is -0.356 e. The number of halogens is 1. The Hall–Kier alpha value is -1.06. The van der Waals surface area contributed by atoms with Gasteiger partial charge in [0.15, 0.2) is 5.96 Å². The van der Waals surface area contributed by atoms with Gasteiger partial charge in [0.25, 0.3) is 0 Å². The number of hydrogen-bond donors (Lipinski definition) is 2. The van der Waals surface area contributed by atoms with E-state index in [0.29, 0.717) is 25.1 Å². The van der Waals surface area contributed by atoms with Crippen molar-refractivity contribution >= 4 is 41.8 Å². The number of hydrogen-bond acceptors (Lipinski definition) is 3. The fourth-order valence-electron chi connectivity index (χ4n) is 2.58. The van der Waals surface area contributed by atoms with Crippen LogP contribution in [0.2, 0.25) is 0 Å². The summed E-state index contributed by atoms with van der Waals surface area (Å²) in [7, 11) is 0. The van der Waals surface area contributed by atoms with Gasteiger partial charge < -0.3 is 20.4 Å². The summed E-state index contributed by atoms with van der Waals surface area (Å²) >= 11 is 0. The maximum atomic E-state index is 12.2. The highest BCUT2D eigenvalue weighted by atomic mass is 127. The van der Waals surface area contributed by atoms with Gasteiger partial charge in [0, 0.05) is 31.7 Å². The average Bonchev–Trinajstić information content (AvgIpc) is 3.27. The number of carbonyl (C=O) groups excluding carboxylic acids is 2. The molecule has 1 saturated carbocycles. The van der Waals surface area contributed by atoms with E-state index in [1.807, 2.05) is 30.6 Å². The maximum absolute atomic E-state index is 12.2. The van der Waals surface area contributed by atoms with Crippen molar-refractivity contribution in [2.45, 2.75) is 45.7 Å². The molecule has 0 unspecified atom stereocenters. The Balaban J connectivity index is 0.00000264. The zero-order valence-electron chi connectivity index (χ0n) is 14.2. The van der Waals surface area contributed by atoms with Crippen LogP contribution < -0.4 is 10.6 Å². The Morgan fingerprint density at radius 2 is 2.04 bits per heavy atom. The Morgan fingerprint density at radius 1 is 1.35 bits per heavy atom. The molecule has 0 atom stereocenters. The highest BCUT2D eigenvalue weighted by Gasteiger charge is 2.36. The van der Waals surface area contributed by atoms with Crippen molar-refractivity contribution in [2.75, 3.05) is 32.7 Å². The summed E-state index contributed by atoms with van der Waals surface area (Å²) in [6, 6.07) is 0.569. The highest BCUT2D eigenvalue weighted by Crippen LogP contribution is 2.27. The van der Waals surface area contributed by atoms with Gasteiger partial charge in [-0.25, -0.2) is 4.99 Å².